The van der Waals surface area contributed by atoms with Crippen LogP contribution in [0, 0.1) is 11.6 Å². The van der Waals surface area contributed by atoms with Crippen LogP contribution in [0.25, 0.3) is 0 Å². The van der Waals surface area contributed by atoms with Crippen molar-refractivity contribution in [1.29, 1.82) is 0 Å². The Morgan fingerprint density at radius 2 is 2.22 bits per heavy atom. The molecule has 2 unspecified atom stereocenters. The molecule has 23 heavy (non-hydrogen) atoms. The summed E-state index contributed by atoms with van der Waals surface area (Å²) in [5.41, 5.74) is 0.753. The van der Waals surface area contributed by atoms with Crippen LogP contribution in [-0.4, -0.2) is 41.0 Å². The van der Waals surface area contributed by atoms with E-state index in [-0.39, 0.29) is 12.1 Å². The number of ether oxygens (including phenoxy) is 1. The van der Waals surface area contributed by atoms with E-state index in [0.29, 0.717) is 17.6 Å². The standard InChI is InChI=1S/C15H18F2N4OS/c1-21-6-5-12(18-15-19-13(8-22-2)20-23-15)14(21)9-3-4-10(16)11(17)7-9/h3-4,7,12,14H,5-6,8H2,1-2H3,(H,18,19,20). The summed E-state index contributed by atoms with van der Waals surface area (Å²) in [6.07, 6.45) is 0.888. The number of nitrogens with one attached hydrogen (secondary N) is 1. The third kappa shape index (κ3) is 3.49. The second kappa shape index (κ2) is 6.86. The topological polar surface area (TPSA) is 50.3 Å². The molecule has 1 aliphatic heterocycles. The Bertz CT molecular complexity index is 681. The molecule has 2 heterocycles. The minimum absolute atomic E-state index is 0.0418. The van der Waals surface area contributed by atoms with Gasteiger partial charge in [-0.25, -0.2) is 13.8 Å². The summed E-state index contributed by atoms with van der Waals surface area (Å²) < 4.78 is 35.9. The normalized spacial score (nSPS) is 21.7. The van der Waals surface area contributed by atoms with Gasteiger partial charge in [-0.1, -0.05) is 6.07 Å². The number of hydrogen-bond donors (Lipinski definition) is 1. The van der Waals surface area contributed by atoms with Crippen molar-refractivity contribution in [3.63, 3.8) is 0 Å². The zero-order chi connectivity index (χ0) is 16.4. The van der Waals surface area contributed by atoms with E-state index in [1.807, 2.05) is 7.05 Å². The smallest absolute Gasteiger partial charge is 0.202 e. The van der Waals surface area contributed by atoms with Crippen molar-refractivity contribution in [2.24, 2.45) is 0 Å². The lowest BCUT2D eigenvalue weighted by molar-refractivity contribution is 0.179. The van der Waals surface area contributed by atoms with Crippen molar-refractivity contribution in [2.75, 3.05) is 26.0 Å². The molecule has 1 fully saturated rings. The average Bonchev–Trinajstić information content (AvgIpc) is 3.10. The Kier molecular flexibility index (Phi) is 4.84. The number of likely N-dealkylation sites (N-methyl/N-ethyl adjacent to an activating group) is 1. The number of aromatic nitrogens is 2. The van der Waals surface area contributed by atoms with Crippen LogP contribution >= 0.6 is 11.5 Å². The zero-order valence-corrected chi connectivity index (χ0v) is 13.7. The molecule has 1 aromatic carbocycles. The molecular formula is C15H18F2N4OS. The molecule has 1 saturated heterocycles. The SMILES string of the molecule is COCc1nsc(NC2CCN(C)C2c2ccc(F)c(F)c2)n1. The van der Waals surface area contributed by atoms with E-state index < -0.39 is 11.6 Å². The first kappa shape index (κ1) is 16.2. The van der Waals surface area contributed by atoms with Crippen molar-refractivity contribution in [3.8, 4) is 0 Å². The average molecular weight is 340 g/mol. The molecule has 1 N–H and O–H groups in total. The Labute approximate surface area is 137 Å². The first-order chi connectivity index (χ1) is 11.1. The monoisotopic (exact) mass is 340 g/mol. The van der Waals surface area contributed by atoms with E-state index >= 15 is 0 Å². The Balaban J connectivity index is 1.78. The number of rotatable bonds is 5. The summed E-state index contributed by atoms with van der Waals surface area (Å²) >= 11 is 1.28. The van der Waals surface area contributed by atoms with E-state index in [1.165, 1.54) is 23.7 Å². The number of methoxy groups -OCH3 is 1. The number of anilines is 1. The van der Waals surface area contributed by atoms with Gasteiger partial charge in [-0.05, 0) is 31.2 Å². The summed E-state index contributed by atoms with van der Waals surface area (Å²) in [5, 5.41) is 4.08. The molecule has 0 aliphatic carbocycles. The van der Waals surface area contributed by atoms with Crippen LogP contribution < -0.4 is 5.32 Å². The van der Waals surface area contributed by atoms with Crippen LogP contribution in [0.5, 0.6) is 0 Å². The van der Waals surface area contributed by atoms with E-state index in [4.69, 9.17) is 4.74 Å². The van der Waals surface area contributed by atoms with Gasteiger partial charge >= 0.3 is 0 Å². The Morgan fingerprint density at radius 3 is 2.96 bits per heavy atom. The highest BCUT2D eigenvalue weighted by molar-refractivity contribution is 7.09. The molecule has 0 spiro atoms. The molecule has 5 nitrogen and oxygen atoms in total. The third-order valence-electron chi connectivity index (χ3n) is 3.98. The van der Waals surface area contributed by atoms with Crippen LogP contribution in [-0.2, 0) is 11.3 Å². The molecule has 8 heteroatoms. The Hall–Kier alpha value is -1.64. The summed E-state index contributed by atoms with van der Waals surface area (Å²) in [5.74, 6) is -1.01. The molecule has 0 radical (unpaired) electrons. The van der Waals surface area contributed by atoms with Gasteiger partial charge in [0.25, 0.3) is 0 Å². The van der Waals surface area contributed by atoms with Gasteiger partial charge in [0.1, 0.15) is 6.61 Å². The van der Waals surface area contributed by atoms with E-state index in [0.717, 1.165) is 18.5 Å². The van der Waals surface area contributed by atoms with Crippen molar-refractivity contribution in [2.45, 2.75) is 25.1 Å². The predicted molar refractivity (Wildman–Crippen MR) is 84.4 cm³/mol. The molecule has 0 amide bonds. The lowest BCUT2D eigenvalue weighted by atomic mass is 10.00. The number of hydrogen-bond acceptors (Lipinski definition) is 6. The molecular weight excluding hydrogens is 322 g/mol. The highest BCUT2D eigenvalue weighted by Gasteiger charge is 2.34. The van der Waals surface area contributed by atoms with Gasteiger partial charge < -0.3 is 10.1 Å². The fourth-order valence-electron chi connectivity index (χ4n) is 2.94. The van der Waals surface area contributed by atoms with E-state index in [2.05, 4.69) is 19.6 Å². The van der Waals surface area contributed by atoms with Gasteiger partial charge in [-0.2, -0.15) is 4.37 Å². The third-order valence-corrected chi connectivity index (χ3v) is 4.67. The first-order valence-electron chi connectivity index (χ1n) is 7.31. The van der Waals surface area contributed by atoms with Crippen LogP contribution in [0.4, 0.5) is 13.9 Å². The molecule has 2 atom stereocenters. The van der Waals surface area contributed by atoms with E-state index in [9.17, 15) is 8.78 Å². The molecule has 124 valence electrons. The number of benzene rings is 1. The molecule has 2 aromatic rings. The van der Waals surface area contributed by atoms with Crippen molar-refractivity contribution in [3.05, 3.63) is 41.2 Å². The minimum Gasteiger partial charge on any atom is -0.377 e. The van der Waals surface area contributed by atoms with Gasteiger partial charge in [-0.3, -0.25) is 4.90 Å². The van der Waals surface area contributed by atoms with Crippen LogP contribution in [0.1, 0.15) is 23.9 Å². The second-order valence-electron chi connectivity index (χ2n) is 5.59. The van der Waals surface area contributed by atoms with Gasteiger partial charge in [0, 0.05) is 31.2 Å². The van der Waals surface area contributed by atoms with Crippen molar-refractivity contribution >= 4 is 16.7 Å². The van der Waals surface area contributed by atoms with Crippen LogP contribution in [0.15, 0.2) is 18.2 Å². The van der Waals surface area contributed by atoms with Crippen molar-refractivity contribution in [1.82, 2.24) is 14.3 Å². The fraction of sp³-hybridized carbons (Fsp3) is 0.467. The number of halogens is 2. The molecule has 1 aromatic heterocycles. The fourth-order valence-corrected chi connectivity index (χ4v) is 3.58. The molecule has 0 saturated carbocycles. The zero-order valence-electron chi connectivity index (χ0n) is 12.9. The first-order valence-corrected chi connectivity index (χ1v) is 8.09. The summed E-state index contributed by atoms with van der Waals surface area (Å²) in [6.45, 7) is 1.24. The quantitative estimate of drug-likeness (QED) is 0.907. The minimum atomic E-state index is -0.827. The lowest BCUT2D eigenvalue weighted by Crippen LogP contribution is -2.29. The molecule has 3 rings (SSSR count). The number of nitrogens with zero attached hydrogens (tertiary/aromatic N) is 3. The summed E-state index contributed by atoms with van der Waals surface area (Å²) in [4.78, 5) is 6.49. The van der Waals surface area contributed by atoms with E-state index in [1.54, 1.807) is 13.2 Å². The summed E-state index contributed by atoms with van der Waals surface area (Å²) in [7, 11) is 3.57. The van der Waals surface area contributed by atoms with Gasteiger partial charge in [0.05, 0.1) is 6.04 Å². The maximum Gasteiger partial charge on any atom is 0.202 e. The largest absolute Gasteiger partial charge is 0.377 e. The number of likely N-dealkylation sites (tertiary alicyclic amines) is 1. The highest BCUT2D eigenvalue weighted by Crippen LogP contribution is 2.34. The predicted octanol–water partition coefficient (Wildman–Crippen LogP) is 2.82. The maximum atomic E-state index is 13.6. The summed E-state index contributed by atoms with van der Waals surface area (Å²) in [6, 6.07) is 4.10. The highest BCUT2D eigenvalue weighted by atomic mass is 32.1. The van der Waals surface area contributed by atoms with Crippen molar-refractivity contribution < 1.29 is 13.5 Å². The van der Waals surface area contributed by atoms with Crippen LogP contribution in [0.2, 0.25) is 0 Å². The lowest BCUT2D eigenvalue weighted by Gasteiger charge is -2.26. The maximum absolute atomic E-state index is 13.6. The Morgan fingerprint density at radius 1 is 1.39 bits per heavy atom. The van der Waals surface area contributed by atoms with Gasteiger partial charge in [-0.15, -0.1) is 0 Å². The van der Waals surface area contributed by atoms with Gasteiger partial charge in [0.15, 0.2) is 17.5 Å². The van der Waals surface area contributed by atoms with Crippen LogP contribution in [0.3, 0.4) is 0 Å². The molecule has 0 bridgehead atoms. The second-order valence-corrected chi connectivity index (χ2v) is 6.34. The van der Waals surface area contributed by atoms with Gasteiger partial charge in [0.2, 0.25) is 5.13 Å². The molecule has 1 aliphatic rings.